The van der Waals surface area contributed by atoms with Crippen LogP contribution in [-0.4, -0.2) is 6.36 Å². The van der Waals surface area contributed by atoms with Crippen LogP contribution in [-0.2, 0) is 0 Å². The van der Waals surface area contributed by atoms with E-state index >= 15 is 0 Å². The summed E-state index contributed by atoms with van der Waals surface area (Å²) in [5.74, 6) is -0.286. The van der Waals surface area contributed by atoms with Crippen LogP contribution in [0.4, 0.5) is 30.2 Å². The number of hydrogen-bond acceptors (Lipinski definition) is 3. The molecule has 0 radical (unpaired) electrons. The molecule has 0 saturated carbocycles. The number of benzene rings is 2. The van der Waals surface area contributed by atoms with Crippen molar-refractivity contribution in [1.29, 1.82) is 0 Å². The second-order valence-electron chi connectivity index (χ2n) is 3.93. The molecule has 7 heteroatoms. The SMILES string of the molecule is Nc1cc(I)ccc1Nc1cccc(OC(F)(F)F)c1. The maximum atomic E-state index is 12.1. The summed E-state index contributed by atoms with van der Waals surface area (Å²) < 4.78 is 41.3. The molecule has 0 bridgehead atoms. The maximum Gasteiger partial charge on any atom is 0.573 e. The molecule has 3 nitrogen and oxygen atoms in total. The van der Waals surface area contributed by atoms with Crippen molar-refractivity contribution in [2.24, 2.45) is 0 Å². The summed E-state index contributed by atoms with van der Waals surface area (Å²) in [7, 11) is 0. The smallest absolute Gasteiger partial charge is 0.406 e. The van der Waals surface area contributed by atoms with Crippen molar-refractivity contribution in [3.05, 3.63) is 46.0 Å². The summed E-state index contributed by atoms with van der Waals surface area (Å²) in [6, 6.07) is 10.9. The number of nitrogens with two attached hydrogens (primary N) is 1. The fraction of sp³-hybridized carbons (Fsp3) is 0.0769. The molecule has 20 heavy (non-hydrogen) atoms. The zero-order chi connectivity index (χ0) is 14.8. The van der Waals surface area contributed by atoms with E-state index in [9.17, 15) is 13.2 Å². The quantitative estimate of drug-likeness (QED) is 0.595. The number of halogens is 4. The van der Waals surface area contributed by atoms with Gasteiger partial charge in [-0.15, -0.1) is 13.2 Å². The Hall–Kier alpha value is -1.64. The van der Waals surface area contributed by atoms with Crippen molar-refractivity contribution >= 4 is 39.7 Å². The zero-order valence-corrected chi connectivity index (χ0v) is 12.2. The Morgan fingerprint density at radius 3 is 2.50 bits per heavy atom. The molecule has 2 aromatic carbocycles. The lowest BCUT2D eigenvalue weighted by atomic mass is 10.2. The van der Waals surface area contributed by atoms with E-state index in [2.05, 4.69) is 32.6 Å². The lowest BCUT2D eigenvalue weighted by Crippen LogP contribution is -2.17. The van der Waals surface area contributed by atoms with Gasteiger partial charge in [0.2, 0.25) is 0 Å². The van der Waals surface area contributed by atoms with Crippen LogP contribution in [0.2, 0.25) is 0 Å². The summed E-state index contributed by atoms with van der Waals surface area (Å²) in [6.07, 6.45) is -4.71. The van der Waals surface area contributed by atoms with Crippen LogP contribution >= 0.6 is 22.6 Å². The molecule has 0 unspecified atom stereocenters. The van der Waals surface area contributed by atoms with Crippen LogP contribution in [0.5, 0.6) is 5.75 Å². The Kier molecular flexibility index (Phi) is 4.26. The van der Waals surface area contributed by atoms with Crippen molar-refractivity contribution in [1.82, 2.24) is 0 Å². The fourth-order valence-electron chi connectivity index (χ4n) is 1.57. The van der Waals surface area contributed by atoms with Crippen LogP contribution in [0.25, 0.3) is 0 Å². The molecule has 0 aliphatic carbocycles. The predicted octanol–water partition coefficient (Wildman–Crippen LogP) is 4.52. The number of rotatable bonds is 3. The van der Waals surface area contributed by atoms with E-state index in [4.69, 9.17) is 5.73 Å². The van der Waals surface area contributed by atoms with Gasteiger partial charge in [-0.05, 0) is 52.9 Å². The largest absolute Gasteiger partial charge is 0.573 e. The highest BCUT2D eigenvalue weighted by molar-refractivity contribution is 14.1. The van der Waals surface area contributed by atoms with Crippen molar-refractivity contribution in [3.63, 3.8) is 0 Å². The van der Waals surface area contributed by atoms with Gasteiger partial charge in [-0.25, -0.2) is 0 Å². The minimum Gasteiger partial charge on any atom is -0.406 e. The summed E-state index contributed by atoms with van der Waals surface area (Å²) in [4.78, 5) is 0. The number of nitrogens with one attached hydrogen (secondary N) is 1. The van der Waals surface area contributed by atoms with Gasteiger partial charge in [-0.3, -0.25) is 0 Å². The standard InChI is InChI=1S/C13H10F3IN2O/c14-13(15,16)20-10-3-1-2-9(7-10)19-12-5-4-8(17)6-11(12)18/h1-7,19H,18H2. The summed E-state index contributed by atoms with van der Waals surface area (Å²) in [5, 5.41) is 2.95. The molecule has 0 aliphatic heterocycles. The van der Waals surface area contributed by atoms with Crippen molar-refractivity contribution in [2.45, 2.75) is 6.36 Å². The molecule has 0 aliphatic rings. The minimum absolute atomic E-state index is 0.286. The Balaban J connectivity index is 2.19. The van der Waals surface area contributed by atoms with E-state index in [0.29, 0.717) is 17.1 Å². The van der Waals surface area contributed by atoms with Gasteiger partial charge >= 0.3 is 6.36 Å². The predicted molar refractivity (Wildman–Crippen MR) is 80.0 cm³/mol. The minimum atomic E-state index is -4.71. The lowest BCUT2D eigenvalue weighted by molar-refractivity contribution is -0.274. The van der Waals surface area contributed by atoms with Gasteiger partial charge in [-0.1, -0.05) is 6.07 Å². The fourth-order valence-corrected chi connectivity index (χ4v) is 2.09. The van der Waals surface area contributed by atoms with Crippen LogP contribution in [0.15, 0.2) is 42.5 Å². The second-order valence-corrected chi connectivity index (χ2v) is 5.18. The highest BCUT2D eigenvalue weighted by Crippen LogP contribution is 2.29. The number of alkyl halides is 3. The van der Waals surface area contributed by atoms with Gasteiger partial charge in [0.15, 0.2) is 0 Å². The van der Waals surface area contributed by atoms with Crippen molar-refractivity contribution in [3.8, 4) is 5.75 Å². The molecular weight excluding hydrogens is 384 g/mol. The molecule has 0 saturated heterocycles. The van der Waals surface area contributed by atoms with Gasteiger partial charge in [-0.2, -0.15) is 0 Å². The van der Waals surface area contributed by atoms with Gasteiger partial charge in [0.25, 0.3) is 0 Å². The Labute approximate surface area is 127 Å². The second kappa shape index (κ2) is 5.78. The molecule has 0 spiro atoms. The van der Waals surface area contributed by atoms with Crippen LogP contribution in [0, 0.1) is 3.57 Å². The molecule has 0 aromatic heterocycles. The van der Waals surface area contributed by atoms with Gasteiger partial charge in [0.1, 0.15) is 5.75 Å². The third kappa shape index (κ3) is 4.19. The Morgan fingerprint density at radius 2 is 1.85 bits per heavy atom. The molecule has 0 heterocycles. The van der Waals surface area contributed by atoms with Crippen LogP contribution in [0.1, 0.15) is 0 Å². The third-order valence-corrected chi connectivity index (χ3v) is 3.03. The van der Waals surface area contributed by atoms with Crippen molar-refractivity contribution < 1.29 is 17.9 Å². The van der Waals surface area contributed by atoms with E-state index < -0.39 is 6.36 Å². The molecule has 2 rings (SSSR count). The van der Waals surface area contributed by atoms with E-state index in [0.717, 1.165) is 3.57 Å². The number of nitrogen functional groups attached to an aromatic ring is 1. The molecule has 0 atom stereocenters. The van der Waals surface area contributed by atoms with Gasteiger partial charge in [0.05, 0.1) is 11.4 Å². The van der Waals surface area contributed by atoms with E-state index in [-0.39, 0.29) is 5.75 Å². The summed E-state index contributed by atoms with van der Waals surface area (Å²) >= 11 is 2.12. The van der Waals surface area contributed by atoms with Crippen LogP contribution < -0.4 is 15.8 Å². The topological polar surface area (TPSA) is 47.3 Å². The van der Waals surface area contributed by atoms with Gasteiger partial charge in [0, 0.05) is 15.3 Å². The molecular formula is C13H10F3IN2O. The van der Waals surface area contributed by atoms with E-state index in [1.54, 1.807) is 18.2 Å². The summed E-state index contributed by atoms with van der Waals surface area (Å²) in [6.45, 7) is 0. The normalized spacial score (nSPS) is 11.2. The number of ether oxygens (including phenoxy) is 1. The summed E-state index contributed by atoms with van der Waals surface area (Å²) in [5.41, 5.74) is 7.42. The first-order valence-electron chi connectivity index (χ1n) is 5.51. The average molecular weight is 394 g/mol. The molecule has 0 fully saturated rings. The molecule has 2 aromatic rings. The lowest BCUT2D eigenvalue weighted by Gasteiger charge is -2.12. The van der Waals surface area contributed by atoms with Crippen LogP contribution in [0.3, 0.4) is 0 Å². The van der Waals surface area contributed by atoms with Gasteiger partial charge < -0.3 is 15.8 Å². The maximum absolute atomic E-state index is 12.1. The number of hydrogen-bond donors (Lipinski definition) is 2. The molecule has 0 amide bonds. The van der Waals surface area contributed by atoms with E-state index in [1.165, 1.54) is 18.2 Å². The average Bonchev–Trinajstić information content (AvgIpc) is 2.31. The van der Waals surface area contributed by atoms with E-state index in [1.807, 2.05) is 6.07 Å². The first-order valence-corrected chi connectivity index (χ1v) is 6.59. The highest BCUT2D eigenvalue weighted by atomic mass is 127. The first-order chi connectivity index (χ1) is 9.33. The number of anilines is 3. The third-order valence-electron chi connectivity index (χ3n) is 2.36. The Bertz CT molecular complexity index is 617. The Morgan fingerprint density at radius 1 is 1.10 bits per heavy atom. The molecule has 3 N–H and O–H groups in total. The first kappa shape index (κ1) is 14.8. The molecule has 106 valence electrons. The van der Waals surface area contributed by atoms with Crippen molar-refractivity contribution in [2.75, 3.05) is 11.1 Å². The monoisotopic (exact) mass is 394 g/mol. The zero-order valence-electron chi connectivity index (χ0n) is 10.0. The highest BCUT2D eigenvalue weighted by Gasteiger charge is 2.31.